The summed E-state index contributed by atoms with van der Waals surface area (Å²) in [5.41, 5.74) is 1.01. The van der Waals surface area contributed by atoms with Gasteiger partial charge in [0.25, 0.3) is 0 Å². The SMILES string of the molecule is CC(=O)NCC1COC(=O)N1c1ccc(N2CCSCC2)c(F)c1. The number of carbonyl (C=O) groups excluding carboxylic acids is 2. The van der Waals surface area contributed by atoms with Crippen LogP contribution < -0.4 is 15.1 Å². The van der Waals surface area contributed by atoms with Gasteiger partial charge >= 0.3 is 6.09 Å². The maximum Gasteiger partial charge on any atom is 0.414 e. The van der Waals surface area contributed by atoms with Crippen LogP contribution in [-0.2, 0) is 9.53 Å². The number of benzene rings is 1. The molecule has 6 nitrogen and oxygen atoms in total. The minimum atomic E-state index is -0.521. The second-order valence-corrected chi connectivity index (χ2v) is 7.00. The molecule has 2 fully saturated rings. The first kappa shape index (κ1) is 16.9. The van der Waals surface area contributed by atoms with Crippen molar-refractivity contribution in [2.24, 2.45) is 0 Å². The van der Waals surface area contributed by atoms with Crippen molar-refractivity contribution in [2.45, 2.75) is 13.0 Å². The summed E-state index contributed by atoms with van der Waals surface area (Å²) in [6.07, 6.45) is -0.521. The lowest BCUT2D eigenvalue weighted by Crippen LogP contribution is -2.42. The molecular formula is C16H20FN3O3S. The largest absolute Gasteiger partial charge is 0.447 e. The van der Waals surface area contributed by atoms with E-state index < -0.39 is 6.09 Å². The quantitative estimate of drug-likeness (QED) is 0.895. The van der Waals surface area contributed by atoms with Gasteiger partial charge in [0.15, 0.2) is 0 Å². The molecule has 3 rings (SSSR count). The fraction of sp³-hybridized carbons (Fsp3) is 0.500. The Balaban J connectivity index is 1.78. The molecule has 1 N–H and O–H groups in total. The highest BCUT2D eigenvalue weighted by atomic mass is 32.2. The summed E-state index contributed by atoms with van der Waals surface area (Å²) in [4.78, 5) is 26.5. The molecule has 2 saturated heterocycles. The molecule has 24 heavy (non-hydrogen) atoms. The molecule has 1 unspecified atom stereocenters. The minimum absolute atomic E-state index is 0.172. The second-order valence-electron chi connectivity index (χ2n) is 5.77. The molecule has 130 valence electrons. The third kappa shape index (κ3) is 3.58. The van der Waals surface area contributed by atoms with Gasteiger partial charge in [-0.25, -0.2) is 9.18 Å². The Morgan fingerprint density at radius 3 is 2.83 bits per heavy atom. The van der Waals surface area contributed by atoms with E-state index in [1.54, 1.807) is 12.1 Å². The second kappa shape index (κ2) is 7.29. The Hall–Kier alpha value is -1.96. The smallest absolute Gasteiger partial charge is 0.414 e. The molecule has 2 amide bonds. The monoisotopic (exact) mass is 353 g/mol. The van der Waals surface area contributed by atoms with Gasteiger partial charge in [-0.15, -0.1) is 0 Å². The number of rotatable bonds is 4. The fourth-order valence-corrected chi connectivity index (χ4v) is 3.80. The van der Waals surface area contributed by atoms with E-state index in [2.05, 4.69) is 5.32 Å². The van der Waals surface area contributed by atoms with E-state index in [9.17, 15) is 14.0 Å². The van der Waals surface area contributed by atoms with Crippen LogP contribution in [0.5, 0.6) is 0 Å². The molecule has 2 aliphatic rings. The third-order valence-corrected chi connectivity index (χ3v) is 5.05. The highest BCUT2D eigenvalue weighted by molar-refractivity contribution is 7.99. The molecule has 0 aliphatic carbocycles. The molecule has 1 aromatic rings. The molecule has 0 bridgehead atoms. The van der Waals surface area contributed by atoms with Gasteiger partial charge < -0.3 is 15.0 Å². The van der Waals surface area contributed by atoms with Crippen molar-refractivity contribution in [3.8, 4) is 0 Å². The van der Waals surface area contributed by atoms with Crippen molar-refractivity contribution in [1.82, 2.24) is 5.32 Å². The lowest BCUT2D eigenvalue weighted by atomic mass is 10.2. The number of anilines is 2. The van der Waals surface area contributed by atoms with E-state index in [1.165, 1.54) is 17.9 Å². The van der Waals surface area contributed by atoms with Crippen LogP contribution in [-0.4, -0.2) is 55.8 Å². The molecular weight excluding hydrogens is 333 g/mol. The van der Waals surface area contributed by atoms with Gasteiger partial charge in [-0.1, -0.05) is 0 Å². The normalized spacial score (nSPS) is 20.9. The number of amides is 2. The number of nitrogens with one attached hydrogen (secondary N) is 1. The summed E-state index contributed by atoms with van der Waals surface area (Å²) in [5, 5.41) is 2.67. The van der Waals surface area contributed by atoms with Crippen molar-refractivity contribution < 1.29 is 18.7 Å². The molecule has 0 saturated carbocycles. The minimum Gasteiger partial charge on any atom is -0.447 e. The summed E-state index contributed by atoms with van der Waals surface area (Å²) < 4.78 is 19.6. The van der Waals surface area contributed by atoms with Crippen molar-refractivity contribution in [2.75, 3.05) is 47.5 Å². The molecule has 0 spiro atoms. The van der Waals surface area contributed by atoms with Crippen LogP contribution in [0.4, 0.5) is 20.6 Å². The number of cyclic esters (lactones) is 1. The van der Waals surface area contributed by atoms with E-state index in [4.69, 9.17) is 4.74 Å². The maximum atomic E-state index is 14.6. The van der Waals surface area contributed by atoms with Crippen LogP contribution in [0.3, 0.4) is 0 Å². The van der Waals surface area contributed by atoms with Crippen molar-refractivity contribution >= 4 is 35.1 Å². The van der Waals surface area contributed by atoms with E-state index in [-0.39, 0.29) is 30.9 Å². The van der Waals surface area contributed by atoms with Crippen LogP contribution in [0.15, 0.2) is 18.2 Å². The molecule has 1 aromatic carbocycles. The number of halogens is 1. The van der Waals surface area contributed by atoms with E-state index in [1.807, 2.05) is 16.7 Å². The Morgan fingerprint density at radius 1 is 1.42 bits per heavy atom. The predicted octanol–water partition coefficient (Wildman–Crippen LogP) is 1.84. The predicted molar refractivity (Wildman–Crippen MR) is 92.2 cm³/mol. The van der Waals surface area contributed by atoms with Gasteiger partial charge in [-0.2, -0.15) is 11.8 Å². The number of hydrogen-bond acceptors (Lipinski definition) is 5. The summed E-state index contributed by atoms with van der Waals surface area (Å²) in [6.45, 7) is 3.49. The number of ether oxygens (including phenoxy) is 1. The van der Waals surface area contributed by atoms with Gasteiger partial charge in [0.1, 0.15) is 12.4 Å². The summed E-state index contributed by atoms with van der Waals surface area (Å²) in [7, 11) is 0. The Labute approximate surface area is 144 Å². The van der Waals surface area contributed by atoms with E-state index in [0.29, 0.717) is 11.4 Å². The first-order valence-electron chi connectivity index (χ1n) is 7.89. The lowest BCUT2D eigenvalue weighted by Gasteiger charge is -2.29. The lowest BCUT2D eigenvalue weighted by molar-refractivity contribution is -0.119. The average Bonchev–Trinajstić information content (AvgIpc) is 2.94. The number of hydrogen-bond donors (Lipinski definition) is 1. The van der Waals surface area contributed by atoms with Gasteiger partial charge in [-0.3, -0.25) is 9.69 Å². The number of thioether (sulfide) groups is 1. The molecule has 2 heterocycles. The highest BCUT2D eigenvalue weighted by Gasteiger charge is 2.34. The molecule has 1 atom stereocenters. The van der Waals surface area contributed by atoms with Crippen LogP contribution in [0.25, 0.3) is 0 Å². The molecule has 0 aromatic heterocycles. The molecule has 0 radical (unpaired) electrons. The Kier molecular flexibility index (Phi) is 5.13. The maximum absolute atomic E-state index is 14.6. The fourth-order valence-electron chi connectivity index (χ4n) is 2.89. The Bertz CT molecular complexity index is 637. The topological polar surface area (TPSA) is 61.9 Å². The first-order chi connectivity index (χ1) is 11.6. The van der Waals surface area contributed by atoms with Gasteiger partial charge in [0.05, 0.1) is 17.4 Å². The van der Waals surface area contributed by atoms with E-state index in [0.717, 1.165) is 24.6 Å². The molecule has 2 aliphatic heterocycles. The van der Waals surface area contributed by atoms with Crippen molar-refractivity contribution in [1.29, 1.82) is 0 Å². The Morgan fingerprint density at radius 2 is 2.17 bits per heavy atom. The average molecular weight is 353 g/mol. The van der Waals surface area contributed by atoms with E-state index >= 15 is 0 Å². The first-order valence-corrected chi connectivity index (χ1v) is 9.04. The summed E-state index contributed by atoms with van der Waals surface area (Å²) in [6, 6.07) is 4.47. The van der Waals surface area contributed by atoms with Crippen LogP contribution in [0.1, 0.15) is 6.92 Å². The standard InChI is InChI=1S/C16H20FN3O3S/c1-11(21)18-9-13-10-23-16(22)20(13)12-2-3-15(14(17)8-12)19-4-6-24-7-5-19/h2-3,8,13H,4-7,9-10H2,1H3,(H,18,21). The van der Waals surface area contributed by atoms with Gasteiger partial charge in [-0.05, 0) is 18.2 Å². The third-order valence-electron chi connectivity index (χ3n) is 4.11. The summed E-state index contributed by atoms with van der Waals surface area (Å²) >= 11 is 1.86. The van der Waals surface area contributed by atoms with Crippen LogP contribution in [0, 0.1) is 5.82 Å². The zero-order valence-corrected chi connectivity index (χ0v) is 14.3. The zero-order valence-electron chi connectivity index (χ0n) is 13.5. The van der Waals surface area contributed by atoms with Crippen molar-refractivity contribution in [3.05, 3.63) is 24.0 Å². The van der Waals surface area contributed by atoms with Crippen LogP contribution >= 0.6 is 11.8 Å². The van der Waals surface area contributed by atoms with Crippen molar-refractivity contribution in [3.63, 3.8) is 0 Å². The van der Waals surface area contributed by atoms with Crippen LogP contribution in [0.2, 0.25) is 0 Å². The number of carbonyl (C=O) groups is 2. The zero-order chi connectivity index (χ0) is 17.1. The van der Waals surface area contributed by atoms with Gasteiger partial charge in [0, 0.05) is 38.1 Å². The summed E-state index contributed by atoms with van der Waals surface area (Å²) in [5.74, 6) is 1.44. The number of nitrogens with zero attached hydrogens (tertiary/aromatic N) is 2. The highest BCUT2D eigenvalue weighted by Crippen LogP contribution is 2.29. The molecule has 8 heteroatoms. The van der Waals surface area contributed by atoms with Gasteiger partial charge in [0.2, 0.25) is 5.91 Å².